The van der Waals surface area contributed by atoms with Crippen molar-refractivity contribution >= 4 is 5.69 Å². The minimum atomic E-state index is -0.198. The Morgan fingerprint density at radius 2 is 1.85 bits per heavy atom. The minimum absolute atomic E-state index is 0.198. The van der Waals surface area contributed by atoms with Crippen molar-refractivity contribution in [3.8, 4) is 0 Å². The lowest BCUT2D eigenvalue weighted by Gasteiger charge is -2.14. The van der Waals surface area contributed by atoms with Gasteiger partial charge in [0.1, 0.15) is 5.69 Å². The van der Waals surface area contributed by atoms with Crippen molar-refractivity contribution in [1.29, 1.82) is 0 Å². The second-order valence-electron chi connectivity index (χ2n) is 4.89. The summed E-state index contributed by atoms with van der Waals surface area (Å²) in [7, 11) is 0. The summed E-state index contributed by atoms with van der Waals surface area (Å²) < 4.78 is 0. The fourth-order valence-electron chi connectivity index (χ4n) is 2.45. The maximum Gasteiger partial charge on any atom is 0.271 e. The normalized spacial score (nSPS) is 10.7. The van der Waals surface area contributed by atoms with E-state index < -0.39 is 0 Å². The Hall–Kier alpha value is -2.07. The molecule has 0 bridgehead atoms. The first-order chi connectivity index (χ1) is 9.63. The zero-order chi connectivity index (χ0) is 14.5. The van der Waals surface area contributed by atoms with Crippen LogP contribution in [0.3, 0.4) is 0 Å². The third kappa shape index (κ3) is 3.08. The van der Waals surface area contributed by atoms with Gasteiger partial charge in [0.15, 0.2) is 0 Å². The largest absolute Gasteiger partial charge is 0.394 e. The van der Waals surface area contributed by atoms with E-state index in [1.54, 1.807) is 0 Å². The zero-order valence-corrected chi connectivity index (χ0v) is 12.0. The number of aromatic nitrogens is 1. The quantitative estimate of drug-likeness (QED) is 0.780. The maximum absolute atomic E-state index is 11.8. The highest BCUT2D eigenvalue weighted by atomic mass is 16.1. The fraction of sp³-hybridized carbons (Fsp3) is 0.312. The molecule has 4 nitrogen and oxygen atoms in total. The summed E-state index contributed by atoms with van der Waals surface area (Å²) in [5.41, 5.74) is 10.2. The lowest BCUT2D eigenvalue weighted by molar-refractivity contribution is 0.687. The smallest absolute Gasteiger partial charge is 0.271 e. The standard InChI is InChI=1S/C16H21N3O/c1-3-13-11(2)19-16(20)15(17)14(13)10-18-9-12-7-5-4-6-8-12/h4-8,18H,3,9-10,17H2,1-2H3,(H,19,20). The molecule has 0 radical (unpaired) electrons. The molecule has 0 saturated heterocycles. The summed E-state index contributed by atoms with van der Waals surface area (Å²) in [4.78, 5) is 14.6. The summed E-state index contributed by atoms with van der Waals surface area (Å²) in [6, 6.07) is 10.2. The average Bonchev–Trinajstić information content (AvgIpc) is 2.45. The van der Waals surface area contributed by atoms with Gasteiger partial charge in [-0.3, -0.25) is 4.79 Å². The van der Waals surface area contributed by atoms with E-state index in [0.29, 0.717) is 12.2 Å². The van der Waals surface area contributed by atoms with Gasteiger partial charge < -0.3 is 16.0 Å². The van der Waals surface area contributed by atoms with Crippen molar-refractivity contribution in [2.75, 3.05) is 5.73 Å². The van der Waals surface area contributed by atoms with Gasteiger partial charge in [0.05, 0.1) is 0 Å². The minimum Gasteiger partial charge on any atom is -0.394 e. The predicted molar refractivity (Wildman–Crippen MR) is 82.6 cm³/mol. The number of aryl methyl sites for hydroxylation is 1. The van der Waals surface area contributed by atoms with Crippen molar-refractivity contribution in [2.24, 2.45) is 0 Å². The number of hydrogen-bond donors (Lipinski definition) is 3. The number of pyridine rings is 1. The highest BCUT2D eigenvalue weighted by Gasteiger charge is 2.11. The van der Waals surface area contributed by atoms with Crippen LogP contribution in [0.25, 0.3) is 0 Å². The number of benzene rings is 1. The number of H-pyrrole nitrogens is 1. The molecular weight excluding hydrogens is 250 g/mol. The summed E-state index contributed by atoms with van der Waals surface area (Å²) in [6.45, 7) is 5.35. The Labute approximate surface area is 119 Å². The van der Waals surface area contributed by atoms with Gasteiger partial charge in [-0.15, -0.1) is 0 Å². The molecule has 1 aromatic carbocycles. The van der Waals surface area contributed by atoms with Gasteiger partial charge in [-0.05, 0) is 30.0 Å². The molecule has 106 valence electrons. The van der Waals surface area contributed by atoms with E-state index in [0.717, 1.165) is 29.8 Å². The molecule has 0 fully saturated rings. The molecular formula is C16H21N3O. The first kappa shape index (κ1) is 14.3. The van der Waals surface area contributed by atoms with E-state index in [1.165, 1.54) is 5.56 Å². The number of aromatic amines is 1. The van der Waals surface area contributed by atoms with Gasteiger partial charge in [-0.1, -0.05) is 37.3 Å². The first-order valence-electron chi connectivity index (χ1n) is 6.88. The topological polar surface area (TPSA) is 70.9 Å². The predicted octanol–water partition coefficient (Wildman–Crippen LogP) is 2.12. The number of nitrogens with one attached hydrogen (secondary N) is 2. The number of nitrogen functional groups attached to an aromatic ring is 1. The third-order valence-corrected chi connectivity index (χ3v) is 3.51. The number of hydrogen-bond acceptors (Lipinski definition) is 3. The van der Waals surface area contributed by atoms with Crippen LogP contribution in [0.1, 0.15) is 29.3 Å². The van der Waals surface area contributed by atoms with Crippen LogP contribution >= 0.6 is 0 Å². The van der Waals surface area contributed by atoms with Crippen LogP contribution in [-0.2, 0) is 19.5 Å². The summed E-state index contributed by atoms with van der Waals surface area (Å²) in [5.74, 6) is 0. The Bertz CT molecular complexity index is 632. The van der Waals surface area contributed by atoms with Gasteiger partial charge in [0, 0.05) is 18.8 Å². The van der Waals surface area contributed by atoms with Crippen molar-refractivity contribution in [2.45, 2.75) is 33.4 Å². The SMILES string of the molecule is CCc1c(C)[nH]c(=O)c(N)c1CNCc1ccccc1. The molecule has 0 amide bonds. The molecule has 0 spiro atoms. The number of nitrogens with two attached hydrogens (primary N) is 1. The van der Waals surface area contributed by atoms with E-state index in [9.17, 15) is 4.79 Å². The monoisotopic (exact) mass is 271 g/mol. The number of rotatable bonds is 5. The third-order valence-electron chi connectivity index (χ3n) is 3.51. The molecule has 4 heteroatoms. The highest BCUT2D eigenvalue weighted by Crippen LogP contribution is 2.16. The molecule has 20 heavy (non-hydrogen) atoms. The van der Waals surface area contributed by atoms with E-state index >= 15 is 0 Å². The van der Waals surface area contributed by atoms with Crippen LogP contribution in [0, 0.1) is 6.92 Å². The molecule has 0 aliphatic rings. The van der Waals surface area contributed by atoms with Crippen molar-refractivity contribution in [3.63, 3.8) is 0 Å². The molecule has 0 aliphatic heterocycles. The molecule has 1 aromatic heterocycles. The molecule has 4 N–H and O–H groups in total. The van der Waals surface area contributed by atoms with Gasteiger partial charge in [0.2, 0.25) is 0 Å². The molecule has 1 heterocycles. The Morgan fingerprint density at radius 3 is 2.50 bits per heavy atom. The first-order valence-corrected chi connectivity index (χ1v) is 6.88. The van der Waals surface area contributed by atoms with Crippen LogP contribution in [-0.4, -0.2) is 4.98 Å². The van der Waals surface area contributed by atoms with Crippen LogP contribution in [0.5, 0.6) is 0 Å². The van der Waals surface area contributed by atoms with Crippen LogP contribution in [0.15, 0.2) is 35.1 Å². The van der Waals surface area contributed by atoms with E-state index in [1.807, 2.05) is 25.1 Å². The molecule has 2 rings (SSSR count). The molecule has 0 aliphatic carbocycles. The Kier molecular flexibility index (Phi) is 4.58. The molecule has 0 atom stereocenters. The van der Waals surface area contributed by atoms with Crippen molar-refractivity contribution < 1.29 is 0 Å². The Morgan fingerprint density at radius 1 is 1.15 bits per heavy atom. The van der Waals surface area contributed by atoms with E-state index in [2.05, 4.69) is 29.4 Å². The van der Waals surface area contributed by atoms with Gasteiger partial charge in [-0.25, -0.2) is 0 Å². The van der Waals surface area contributed by atoms with E-state index in [4.69, 9.17) is 5.73 Å². The molecule has 0 unspecified atom stereocenters. The highest BCUT2D eigenvalue weighted by molar-refractivity contribution is 5.50. The second-order valence-corrected chi connectivity index (χ2v) is 4.89. The fourth-order valence-corrected chi connectivity index (χ4v) is 2.45. The zero-order valence-electron chi connectivity index (χ0n) is 12.0. The van der Waals surface area contributed by atoms with Gasteiger partial charge >= 0.3 is 0 Å². The number of anilines is 1. The Balaban J connectivity index is 2.15. The molecule has 2 aromatic rings. The molecule has 0 saturated carbocycles. The van der Waals surface area contributed by atoms with Crippen LogP contribution in [0.4, 0.5) is 5.69 Å². The van der Waals surface area contributed by atoms with Crippen LogP contribution in [0.2, 0.25) is 0 Å². The lowest BCUT2D eigenvalue weighted by atomic mass is 10.0. The second kappa shape index (κ2) is 6.39. The van der Waals surface area contributed by atoms with Crippen LogP contribution < -0.4 is 16.6 Å². The van der Waals surface area contributed by atoms with Gasteiger partial charge in [-0.2, -0.15) is 0 Å². The van der Waals surface area contributed by atoms with Crippen molar-refractivity contribution in [1.82, 2.24) is 10.3 Å². The van der Waals surface area contributed by atoms with E-state index in [-0.39, 0.29) is 5.56 Å². The van der Waals surface area contributed by atoms with Gasteiger partial charge in [0.25, 0.3) is 5.56 Å². The lowest BCUT2D eigenvalue weighted by Crippen LogP contribution is -2.23. The average molecular weight is 271 g/mol. The summed E-state index contributed by atoms with van der Waals surface area (Å²) in [5, 5.41) is 3.36. The van der Waals surface area contributed by atoms with Crippen molar-refractivity contribution in [3.05, 3.63) is 63.1 Å². The summed E-state index contributed by atoms with van der Waals surface area (Å²) >= 11 is 0. The maximum atomic E-state index is 11.8. The summed E-state index contributed by atoms with van der Waals surface area (Å²) in [6.07, 6.45) is 0.856.